The first-order valence-corrected chi connectivity index (χ1v) is 8.18. The number of likely N-dealkylation sites (tertiary alicyclic amines) is 1. The first-order chi connectivity index (χ1) is 8.47. The minimum Gasteiger partial charge on any atom is -0.341 e. The Morgan fingerprint density at radius 1 is 1.42 bits per heavy atom. The number of amides is 1. The van der Waals surface area contributed by atoms with Crippen molar-refractivity contribution in [3.63, 3.8) is 0 Å². The van der Waals surface area contributed by atoms with Crippen LogP contribution in [0.4, 0.5) is 0 Å². The molecule has 0 radical (unpaired) electrons. The number of piperidine rings is 1. The average Bonchev–Trinajstić information content (AvgIpc) is 2.35. The Balaban J connectivity index is 0.00000324. The van der Waals surface area contributed by atoms with Crippen LogP contribution in [-0.4, -0.2) is 40.9 Å². The summed E-state index contributed by atoms with van der Waals surface area (Å²) in [7, 11) is 0. The van der Waals surface area contributed by atoms with E-state index in [0.29, 0.717) is 17.7 Å². The minimum atomic E-state index is 0. The number of thioether (sulfide) groups is 1. The van der Waals surface area contributed by atoms with Crippen LogP contribution in [0.1, 0.15) is 40.5 Å². The molecule has 19 heavy (non-hydrogen) atoms. The number of hydrogen-bond acceptors (Lipinski definition) is 3. The maximum atomic E-state index is 12.6. The van der Waals surface area contributed by atoms with Gasteiger partial charge in [-0.05, 0) is 37.4 Å². The van der Waals surface area contributed by atoms with Crippen LogP contribution in [0.2, 0.25) is 0 Å². The molecule has 1 aliphatic heterocycles. The van der Waals surface area contributed by atoms with Crippen LogP contribution in [0.15, 0.2) is 0 Å². The van der Waals surface area contributed by atoms with Crippen molar-refractivity contribution >= 4 is 30.1 Å². The van der Waals surface area contributed by atoms with E-state index >= 15 is 0 Å². The lowest BCUT2D eigenvalue weighted by atomic mass is 9.91. The predicted octanol–water partition coefficient (Wildman–Crippen LogP) is 2.77. The van der Waals surface area contributed by atoms with Gasteiger partial charge in [-0.3, -0.25) is 4.79 Å². The maximum Gasteiger partial charge on any atom is 0.235 e. The summed E-state index contributed by atoms with van der Waals surface area (Å²) >= 11 is 1.77. The molecular formula is C14H29ClN2OS. The Morgan fingerprint density at radius 2 is 2.05 bits per heavy atom. The monoisotopic (exact) mass is 308 g/mol. The van der Waals surface area contributed by atoms with E-state index in [9.17, 15) is 4.79 Å². The van der Waals surface area contributed by atoms with Crippen LogP contribution >= 0.6 is 24.2 Å². The second kappa shape index (κ2) is 9.09. The highest BCUT2D eigenvalue weighted by Crippen LogP contribution is 2.25. The van der Waals surface area contributed by atoms with E-state index in [-0.39, 0.29) is 23.7 Å². The second-order valence-corrected chi connectivity index (χ2v) is 7.08. The molecule has 0 aromatic heterocycles. The van der Waals surface area contributed by atoms with Crippen LogP contribution in [0, 0.1) is 11.8 Å². The van der Waals surface area contributed by atoms with Gasteiger partial charge >= 0.3 is 0 Å². The van der Waals surface area contributed by atoms with E-state index in [4.69, 9.17) is 5.73 Å². The van der Waals surface area contributed by atoms with Gasteiger partial charge in [-0.1, -0.05) is 20.8 Å². The van der Waals surface area contributed by atoms with Gasteiger partial charge in [0.1, 0.15) is 0 Å². The number of nitrogens with zero attached hydrogens (tertiary/aromatic N) is 1. The maximum absolute atomic E-state index is 12.6. The number of rotatable bonds is 5. The van der Waals surface area contributed by atoms with Crippen LogP contribution in [-0.2, 0) is 4.79 Å². The summed E-state index contributed by atoms with van der Waals surface area (Å²) in [6.45, 7) is 10.2. The molecule has 1 aliphatic rings. The van der Waals surface area contributed by atoms with Gasteiger partial charge in [-0.15, -0.1) is 24.2 Å². The molecule has 0 saturated carbocycles. The highest BCUT2D eigenvalue weighted by molar-refractivity contribution is 8.00. The van der Waals surface area contributed by atoms with Gasteiger partial charge in [0.05, 0.1) is 5.25 Å². The number of hydrogen-bond donors (Lipinski definition) is 1. The molecule has 0 aliphatic carbocycles. The molecule has 5 heteroatoms. The third-order valence-electron chi connectivity index (χ3n) is 3.71. The third kappa shape index (κ3) is 5.52. The zero-order chi connectivity index (χ0) is 13.7. The largest absolute Gasteiger partial charge is 0.341 e. The minimum absolute atomic E-state index is 0. The van der Waals surface area contributed by atoms with Crippen molar-refractivity contribution in [1.29, 1.82) is 0 Å². The lowest BCUT2D eigenvalue weighted by molar-refractivity contribution is -0.133. The third-order valence-corrected chi connectivity index (χ3v) is 5.15. The highest BCUT2D eigenvalue weighted by Gasteiger charge is 2.31. The summed E-state index contributed by atoms with van der Waals surface area (Å²) in [5.41, 5.74) is 5.98. The highest BCUT2D eigenvalue weighted by atomic mass is 35.5. The van der Waals surface area contributed by atoms with Crippen molar-refractivity contribution < 1.29 is 4.79 Å². The second-order valence-electron chi connectivity index (χ2n) is 5.67. The fourth-order valence-corrected chi connectivity index (χ4v) is 3.58. The average molecular weight is 309 g/mol. The molecule has 0 bridgehead atoms. The number of carbonyl (C=O) groups is 1. The van der Waals surface area contributed by atoms with Gasteiger partial charge < -0.3 is 10.6 Å². The fourth-order valence-electron chi connectivity index (χ4n) is 2.55. The summed E-state index contributed by atoms with van der Waals surface area (Å²) in [6.07, 6.45) is 2.26. The van der Waals surface area contributed by atoms with Crippen LogP contribution in [0.25, 0.3) is 0 Å². The van der Waals surface area contributed by atoms with Gasteiger partial charge in [-0.2, -0.15) is 0 Å². The van der Waals surface area contributed by atoms with Gasteiger partial charge in [0.25, 0.3) is 0 Å². The zero-order valence-electron chi connectivity index (χ0n) is 12.6. The van der Waals surface area contributed by atoms with Crippen molar-refractivity contribution in [1.82, 2.24) is 4.90 Å². The van der Waals surface area contributed by atoms with Crippen LogP contribution in [0.5, 0.6) is 0 Å². The van der Waals surface area contributed by atoms with E-state index < -0.39 is 0 Å². The topological polar surface area (TPSA) is 46.3 Å². The molecule has 0 aromatic rings. The van der Waals surface area contributed by atoms with E-state index in [0.717, 1.165) is 31.7 Å². The molecule has 0 aromatic carbocycles. The lowest BCUT2D eigenvalue weighted by Gasteiger charge is -2.37. The predicted molar refractivity (Wildman–Crippen MR) is 87.0 cm³/mol. The SMILES string of the molecule is CCSC(C(=O)N1CCCC(C(C)N)C1)C(C)C.Cl. The zero-order valence-corrected chi connectivity index (χ0v) is 14.2. The molecular weight excluding hydrogens is 280 g/mol. The molecule has 0 spiro atoms. The molecule has 3 unspecified atom stereocenters. The quantitative estimate of drug-likeness (QED) is 0.849. The van der Waals surface area contributed by atoms with E-state index in [1.165, 1.54) is 0 Å². The van der Waals surface area contributed by atoms with E-state index in [1.54, 1.807) is 11.8 Å². The van der Waals surface area contributed by atoms with E-state index in [2.05, 4.69) is 27.7 Å². The molecule has 2 N–H and O–H groups in total. The van der Waals surface area contributed by atoms with Gasteiger partial charge in [0.15, 0.2) is 0 Å². The Hall–Kier alpha value is 0.0700. The summed E-state index contributed by atoms with van der Waals surface area (Å²) in [5, 5.41) is 0.113. The van der Waals surface area contributed by atoms with Crippen LogP contribution < -0.4 is 5.73 Å². The molecule has 1 heterocycles. The standard InChI is InChI=1S/C14H28N2OS.ClH/c1-5-18-13(10(2)3)14(17)16-8-6-7-12(9-16)11(4)15;/h10-13H,5-9,15H2,1-4H3;1H. The molecule has 1 rings (SSSR count). The molecule has 114 valence electrons. The summed E-state index contributed by atoms with van der Waals surface area (Å²) in [6, 6.07) is 0.192. The molecule has 1 amide bonds. The van der Waals surface area contributed by atoms with Crippen molar-refractivity contribution in [2.24, 2.45) is 17.6 Å². The summed E-state index contributed by atoms with van der Waals surface area (Å²) in [5.74, 6) is 2.20. The Bertz CT molecular complexity index is 274. The van der Waals surface area contributed by atoms with Gasteiger partial charge in [0, 0.05) is 19.1 Å². The molecule has 1 fully saturated rings. The smallest absolute Gasteiger partial charge is 0.235 e. The molecule has 1 saturated heterocycles. The van der Waals surface area contributed by atoms with Crippen LogP contribution in [0.3, 0.4) is 0 Å². The summed E-state index contributed by atoms with van der Waals surface area (Å²) in [4.78, 5) is 14.6. The van der Waals surface area contributed by atoms with Gasteiger partial charge in [0.2, 0.25) is 5.91 Å². The summed E-state index contributed by atoms with van der Waals surface area (Å²) < 4.78 is 0. The molecule has 3 nitrogen and oxygen atoms in total. The Labute approximate surface area is 128 Å². The normalized spacial score (nSPS) is 22.8. The number of nitrogens with two attached hydrogens (primary N) is 1. The van der Waals surface area contributed by atoms with Crippen molar-refractivity contribution in [3.8, 4) is 0 Å². The lowest BCUT2D eigenvalue weighted by Crippen LogP contribution is -2.48. The molecule has 3 atom stereocenters. The van der Waals surface area contributed by atoms with Crippen molar-refractivity contribution in [2.45, 2.75) is 51.8 Å². The number of halogens is 1. The van der Waals surface area contributed by atoms with Gasteiger partial charge in [-0.25, -0.2) is 0 Å². The fraction of sp³-hybridized carbons (Fsp3) is 0.929. The Kier molecular flexibility index (Phi) is 9.12. The van der Waals surface area contributed by atoms with E-state index in [1.807, 2.05) is 4.90 Å². The van der Waals surface area contributed by atoms with Crippen molar-refractivity contribution in [2.75, 3.05) is 18.8 Å². The van der Waals surface area contributed by atoms with Crippen molar-refractivity contribution in [3.05, 3.63) is 0 Å². The Morgan fingerprint density at radius 3 is 2.53 bits per heavy atom. The first-order valence-electron chi connectivity index (χ1n) is 7.13. The number of carbonyl (C=O) groups excluding carboxylic acids is 1. The first kappa shape index (κ1) is 19.1.